The summed E-state index contributed by atoms with van der Waals surface area (Å²) in [4.78, 5) is 12.8. The van der Waals surface area contributed by atoms with Gasteiger partial charge >= 0.3 is 5.69 Å². The number of nitro groups is 1. The Labute approximate surface area is 118 Å². The lowest BCUT2D eigenvalue weighted by Crippen LogP contribution is -2.47. The molecule has 1 aromatic carbocycles. The van der Waals surface area contributed by atoms with Gasteiger partial charge in [0, 0.05) is 25.2 Å². The van der Waals surface area contributed by atoms with Crippen LogP contribution in [-0.4, -0.2) is 48.3 Å². The molecule has 20 heavy (non-hydrogen) atoms. The van der Waals surface area contributed by atoms with Crippen LogP contribution >= 0.6 is 0 Å². The predicted octanol–water partition coefficient (Wildman–Crippen LogP) is 2.08. The summed E-state index contributed by atoms with van der Waals surface area (Å²) >= 11 is 0. The van der Waals surface area contributed by atoms with Crippen molar-refractivity contribution in [2.24, 2.45) is 0 Å². The van der Waals surface area contributed by atoms with E-state index in [0.717, 1.165) is 13.1 Å². The fourth-order valence-corrected chi connectivity index (χ4v) is 2.22. The summed E-state index contributed by atoms with van der Waals surface area (Å²) in [6, 6.07) is 6.87. The number of benzene rings is 1. The van der Waals surface area contributed by atoms with E-state index in [1.54, 1.807) is 18.2 Å². The van der Waals surface area contributed by atoms with Crippen LogP contribution in [0.15, 0.2) is 24.3 Å². The molecular formula is C14H20N2O4. The summed E-state index contributed by atoms with van der Waals surface area (Å²) in [6.07, 6.45) is -0.0500. The molecule has 1 saturated heterocycles. The Hall–Kier alpha value is -1.66. The first-order chi connectivity index (χ1) is 9.58. The van der Waals surface area contributed by atoms with Crippen molar-refractivity contribution in [3.8, 4) is 5.75 Å². The summed E-state index contributed by atoms with van der Waals surface area (Å²) in [5, 5.41) is 10.9. The van der Waals surface area contributed by atoms with E-state index in [2.05, 4.69) is 18.7 Å². The van der Waals surface area contributed by atoms with Gasteiger partial charge in [0.25, 0.3) is 0 Å². The molecule has 1 aliphatic heterocycles. The maximum absolute atomic E-state index is 10.9. The third-order valence-corrected chi connectivity index (χ3v) is 3.39. The second kappa shape index (κ2) is 6.67. The molecule has 6 heteroatoms. The molecule has 1 atom stereocenters. The molecule has 110 valence electrons. The molecule has 0 saturated carbocycles. The molecule has 0 spiro atoms. The van der Waals surface area contributed by atoms with Crippen molar-refractivity contribution < 1.29 is 14.4 Å². The van der Waals surface area contributed by atoms with E-state index in [9.17, 15) is 10.1 Å². The average Bonchev–Trinajstić information content (AvgIpc) is 2.45. The van der Waals surface area contributed by atoms with Crippen LogP contribution in [0.3, 0.4) is 0 Å². The van der Waals surface area contributed by atoms with Crippen LogP contribution in [0, 0.1) is 10.1 Å². The van der Waals surface area contributed by atoms with Gasteiger partial charge in [0.2, 0.25) is 0 Å². The van der Waals surface area contributed by atoms with Gasteiger partial charge in [0.1, 0.15) is 12.7 Å². The van der Waals surface area contributed by atoms with Gasteiger partial charge in [-0.1, -0.05) is 12.1 Å². The average molecular weight is 280 g/mol. The first-order valence-electron chi connectivity index (χ1n) is 6.80. The highest BCUT2D eigenvalue weighted by Crippen LogP contribution is 2.26. The second-order valence-corrected chi connectivity index (χ2v) is 5.12. The summed E-state index contributed by atoms with van der Waals surface area (Å²) in [5.74, 6) is 0.294. The number of hydrogen-bond donors (Lipinski definition) is 0. The topological polar surface area (TPSA) is 64.8 Å². The van der Waals surface area contributed by atoms with E-state index in [0.29, 0.717) is 25.0 Å². The third kappa shape index (κ3) is 3.68. The van der Waals surface area contributed by atoms with Gasteiger partial charge in [-0.25, -0.2) is 0 Å². The van der Waals surface area contributed by atoms with Gasteiger partial charge in [-0.05, 0) is 19.9 Å². The van der Waals surface area contributed by atoms with Crippen LogP contribution in [0.1, 0.15) is 13.8 Å². The lowest BCUT2D eigenvalue weighted by atomic mass is 10.2. The highest BCUT2D eigenvalue weighted by atomic mass is 16.6. The van der Waals surface area contributed by atoms with Crippen molar-refractivity contribution >= 4 is 5.69 Å². The first-order valence-corrected chi connectivity index (χ1v) is 6.80. The summed E-state index contributed by atoms with van der Waals surface area (Å²) in [5.41, 5.74) is -0.0102. The van der Waals surface area contributed by atoms with Crippen LogP contribution in [0.2, 0.25) is 0 Å². The Kier molecular flexibility index (Phi) is 4.92. The highest BCUT2D eigenvalue weighted by molar-refractivity contribution is 5.45. The zero-order chi connectivity index (χ0) is 14.5. The summed E-state index contributed by atoms with van der Waals surface area (Å²) < 4.78 is 11.2. The standard InChI is InChI=1S/C14H20N2O4/c1-11(2)15-7-8-19-12(9-15)10-20-14-6-4-3-5-13(14)16(17)18/h3-6,11-12H,7-10H2,1-2H3. The summed E-state index contributed by atoms with van der Waals surface area (Å²) in [6.45, 7) is 6.99. The molecule has 0 bridgehead atoms. The Morgan fingerprint density at radius 2 is 2.25 bits per heavy atom. The molecule has 0 aliphatic carbocycles. The van der Waals surface area contributed by atoms with Crippen molar-refractivity contribution in [3.63, 3.8) is 0 Å². The smallest absolute Gasteiger partial charge is 0.310 e. The molecule has 1 unspecified atom stereocenters. The van der Waals surface area contributed by atoms with Crippen molar-refractivity contribution in [2.45, 2.75) is 26.0 Å². The van der Waals surface area contributed by atoms with Crippen LogP contribution in [-0.2, 0) is 4.74 Å². The van der Waals surface area contributed by atoms with Gasteiger partial charge in [-0.15, -0.1) is 0 Å². The zero-order valence-corrected chi connectivity index (χ0v) is 11.8. The quantitative estimate of drug-likeness (QED) is 0.610. The Morgan fingerprint density at radius 1 is 1.50 bits per heavy atom. The number of para-hydroxylation sites is 2. The minimum Gasteiger partial charge on any atom is -0.484 e. The molecular weight excluding hydrogens is 260 g/mol. The third-order valence-electron chi connectivity index (χ3n) is 3.39. The van der Waals surface area contributed by atoms with Crippen molar-refractivity contribution in [2.75, 3.05) is 26.3 Å². The van der Waals surface area contributed by atoms with Gasteiger partial charge in [-0.2, -0.15) is 0 Å². The molecule has 1 fully saturated rings. The van der Waals surface area contributed by atoms with E-state index in [1.165, 1.54) is 6.07 Å². The molecule has 2 rings (SSSR count). The second-order valence-electron chi connectivity index (χ2n) is 5.12. The maximum Gasteiger partial charge on any atom is 0.310 e. The minimum atomic E-state index is -0.433. The number of rotatable bonds is 5. The lowest BCUT2D eigenvalue weighted by Gasteiger charge is -2.35. The van der Waals surface area contributed by atoms with Gasteiger partial charge in [-0.3, -0.25) is 15.0 Å². The van der Waals surface area contributed by atoms with Crippen LogP contribution in [0.25, 0.3) is 0 Å². The van der Waals surface area contributed by atoms with E-state index >= 15 is 0 Å². The molecule has 0 amide bonds. The molecule has 0 aromatic heterocycles. The molecule has 0 radical (unpaired) electrons. The van der Waals surface area contributed by atoms with Gasteiger partial charge in [0.15, 0.2) is 5.75 Å². The van der Waals surface area contributed by atoms with Crippen molar-refractivity contribution in [1.82, 2.24) is 4.90 Å². The van der Waals surface area contributed by atoms with Crippen LogP contribution in [0.4, 0.5) is 5.69 Å². The fourth-order valence-electron chi connectivity index (χ4n) is 2.22. The highest BCUT2D eigenvalue weighted by Gasteiger charge is 2.23. The van der Waals surface area contributed by atoms with E-state index in [1.807, 2.05) is 0 Å². The van der Waals surface area contributed by atoms with E-state index < -0.39 is 4.92 Å². The van der Waals surface area contributed by atoms with E-state index in [-0.39, 0.29) is 11.8 Å². The largest absolute Gasteiger partial charge is 0.484 e. The van der Waals surface area contributed by atoms with E-state index in [4.69, 9.17) is 9.47 Å². The monoisotopic (exact) mass is 280 g/mol. The SMILES string of the molecule is CC(C)N1CCOC(COc2ccccc2[N+](=O)[O-])C1. The Balaban J connectivity index is 1.94. The number of hydrogen-bond acceptors (Lipinski definition) is 5. The van der Waals surface area contributed by atoms with Gasteiger partial charge in [0.05, 0.1) is 11.5 Å². The number of ether oxygens (including phenoxy) is 2. The number of morpholine rings is 1. The maximum atomic E-state index is 10.9. The van der Waals surface area contributed by atoms with Crippen molar-refractivity contribution in [3.05, 3.63) is 34.4 Å². The number of nitrogens with zero attached hydrogens (tertiary/aromatic N) is 2. The molecule has 1 heterocycles. The predicted molar refractivity (Wildman–Crippen MR) is 75.0 cm³/mol. The molecule has 0 N–H and O–H groups in total. The molecule has 6 nitrogen and oxygen atoms in total. The number of nitro benzene ring substituents is 1. The first kappa shape index (κ1) is 14.7. The summed E-state index contributed by atoms with van der Waals surface area (Å²) in [7, 11) is 0. The zero-order valence-electron chi connectivity index (χ0n) is 11.8. The lowest BCUT2D eigenvalue weighted by molar-refractivity contribution is -0.386. The Morgan fingerprint density at radius 3 is 2.95 bits per heavy atom. The fraction of sp³-hybridized carbons (Fsp3) is 0.571. The van der Waals surface area contributed by atoms with Crippen LogP contribution < -0.4 is 4.74 Å². The normalized spacial score (nSPS) is 20.1. The van der Waals surface area contributed by atoms with Crippen molar-refractivity contribution in [1.29, 1.82) is 0 Å². The Bertz CT molecular complexity index is 464. The van der Waals surface area contributed by atoms with Gasteiger partial charge < -0.3 is 9.47 Å². The minimum absolute atomic E-state index is 0.0102. The molecule has 1 aliphatic rings. The molecule has 1 aromatic rings. The van der Waals surface area contributed by atoms with Crippen LogP contribution in [0.5, 0.6) is 5.75 Å².